The van der Waals surface area contributed by atoms with Gasteiger partial charge < -0.3 is 4.74 Å². The van der Waals surface area contributed by atoms with Crippen molar-refractivity contribution in [2.75, 3.05) is 0 Å². The molecule has 23 heavy (non-hydrogen) atoms. The lowest BCUT2D eigenvalue weighted by Crippen LogP contribution is -2.25. The highest BCUT2D eigenvalue weighted by Crippen LogP contribution is 2.37. The number of hydrogen-bond donors (Lipinski definition) is 0. The lowest BCUT2D eigenvalue weighted by molar-refractivity contribution is -0.135. The molecule has 1 aliphatic heterocycles. The third kappa shape index (κ3) is 3.22. The smallest absolute Gasteiger partial charge is 0.243 e. The van der Waals surface area contributed by atoms with E-state index >= 15 is 0 Å². The van der Waals surface area contributed by atoms with E-state index in [0.29, 0.717) is 21.5 Å². The summed E-state index contributed by atoms with van der Waals surface area (Å²) in [4.78, 5) is 11.9. The molecule has 0 fully saturated rings. The fraction of sp³-hybridized carbons (Fsp3) is 0.125. The molecule has 0 N–H and O–H groups in total. The average molecular weight is 414 g/mol. The molecule has 0 aliphatic carbocycles. The Morgan fingerprint density at radius 3 is 2.70 bits per heavy atom. The topological polar surface area (TPSA) is 41.9 Å². The maximum Gasteiger partial charge on any atom is 0.243 e. The zero-order valence-electron chi connectivity index (χ0n) is 12.0. The summed E-state index contributed by atoms with van der Waals surface area (Å²) in [6, 6.07) is 12.7. The molecule has 0 radical (unpaired) electrons. The van der Waals surface area contributed by atoms with Gasteiger partial charge in [0.05, 0.1) is 10.0 Å². The van der Waals surface area contributed by atoms with Crippen LogP contribution in [0.3, 0.4) is 0 Å². The van der Waals surface area contributed by atoms with Crippen LogP contribution in [0.2, 0.25) is 10.0 Å². The van der Waals surface area contributed by atoms with Crippen LogP contribution in [0.1, 0.15) is 24.3 Å². The van der Waals surface area contributed by atoms with E-state index in [2.05, 4.69) is 21.0 Å². The maximum atomic E-state index is 11.9. The number of benzene rings is 2. The number of carbonyl (C=O) groups is 1. The van der Waals surface area contributed by atoms with Gasteiger partial charge in [0.2, 0.25) is 18.0 Å². The highest BCUT2D eigenvalue weighted by Gasteiger charge is 2.34. The van der Waals surface area contributed by atoms with Crippen molar-refractivity contribution < 1.29 is 9.53 Å². The van der Waals surface area contributed by atoms with Gasteiger partial charge in [-0.2, -0.15) is 5.01 Å². The summed E-state index contributed by atoms with van der Waals surface area (Å²) >= 11 is 15.7. The normalized spacial score (nSPS) is 17.0. The summed E-state index contributed by atoms with van der Waals surface area (Å²) < 4.78 is 6.78. The Labute approximate surface area is 151 Å². The predicted octanol–water partition coefficient (Wildman–Crippen LogP) is 5.00. The Balaban J connectivity index is 2.01. The van der Waals surface area contributed by atoms with Gasteiger partial charge in [0, 0.05) is 22.5 Å². The van der Waals surface area contributed by atoms with Crippen molar-refractivity contribution >= 4 is 50.9 Å². The lowest BCUT2D eigenvalue weighted by atomic mass is 10.2. The molecule has 0 saturated heterocycles. The SMILES string of the molecule is CC(=O)N1N=C(c2cccc(Br)c2)OC1c1cccc(Cl)c1Cl. The minimum absolute atomic E-state index is 0.254. The van der Waals surface area contributed by atoms with Crippen molar-refractivity contribution in [1.29, 1.82) is 0 Å². The standard InChI is InChI=1S/C16H11BrCl2N2O2/c1-9(22)21-16(12-6-3-7-13(18)14(12)19)23-15(20-21)10-4-2-5-11(17)8-10/h2-8,16H,1H3. The van der Waals surface area contributed by atoms with Gasteiger partial charge in [-0.05, 0) is 24.3 Å². The summed E-state index contributed by atoms with van der Waals surface area (Å²) in [6.45, 7) is 1.42. The van der Waals surface area contributed by atoms with Crippen LogP contribution in [0.4, 0.5) is 0 Å². The maximum absolute atomic E-state index is 11.9. The molecule has 1 heterocycles. The third-order valence-electron chi connectivity index (χ3n) is 3.29. The number of ether oxygens (including phenoxy) is 1. The Hall–Kier alpha value is -1.56. The average Bonchev–Trinajstić information content (AvgIpc) is 2.95. The van der Waals surface area contributed by atoms with E-state index in [1.807, 2.05) is 24.3 Å². The number of hydrogen-bond acceptors (Lipinski definition) is 3. The van der Waals surface area contributed by atoms with Gasteiger partial charge in [-0.15, -0.1) is 5.10 Å². The summed E-state index contributed by atoms with van der Waals surface area (Å²) in [5.41, 5.74) is 1.34. The number of halogens is 3. The van der Waals surface area contributed by atoms with Gasteiger partial charge in [0.15, 0.2) is 0 Å². The molecule has 2 aromatic rings. The molecule has 1 amide bonds. The molecule has 118 valence electrons. The quantitative estimate of drug-likeness (QED) is 0.695. The Morgan fingerprint density at radius 2 is 2.00 bits per heavy atom. The van der Waals surface area contributed by atoms with E-state index in [1.54, 1.807) is 18.2 Å². The number of nitrogens with zero attached hydrogens (tertiary/aromatic N) is 2. The van der Waals surface area contributed by atoms with Gasteiger partial charge in [0.1, 0.15) is 0 Å². The van der Waals surface area contributed by atoms with E-state index < -0.39 is 6.23 Å². The fourth-order valence-electron chi connectivity index (χ4n) is 2.22. The summed E-state index contributed by atoms with van der Waals surface area (Å²) in [7, 11) is 0. The van der Waals surface area contributed by atoms with Crippen molar-refractivity contribution in [2.45, 2.75) is 13.2 Å². The van der Waals surface area contributed by atoms with Crippen LogP contribution in [0.5, 0.6) is 0 Å². The first-order chi connectivity index (χ1) is 11.0. The zero-order valence-corrected chi connectivity index (χ0v) is 15.1. The van der Waals surface area contributed by atoms with E-state index in [0.717, 1.165) is 10.0 Å². The molecule has 3 rings (SSSR count). The second-order valence-electron chi connectivity index (χ2n) is 4.89. The van der Waals surface area contributed by atoms with Crippen LogP contribution in [-0.4, -0.2) is 16.8 Å². The van der Waals surface area contributed by atoms with Crippen LogP contribution in [-0.2, 0) is 9.53 Å². The van der Waals surface area contributed by atoms with E-state index in [9.17, 15) is 4.79 Å². The molecule has 0 aromatic heterocycles. The number of hydrazone groups is 1. The van der Waals surface area contributed by atoms with Crippen LogP contribution in [0.15, 0.2) is 52.0 Å². The number of amides is 1. The first-order valence-corrected chi connectivity index (χ1v) is 8.27. The highest BCUT2D eigenvalue weighted by molar-refractivity contribution is 9.10. The van der Waals surface area contributed by atoms with Gasteiger partial charge >= 0.3 is 0 Å². The van der Waals surface area contributed by atoms with E-state index in [1.165, 1.54) is 11.9 Å². The largest absolute Gasteiger partial charge is 0.446 e. The minimum atomic E-state index is -0.743. The molecule has 2 aromatic carbocycles. The number of carbonyl (C=O) groups excluding carboxylic acids is 1. The van der Waals surface area contributed by atoms with Crippen LogP contribution in [0.25, 0.3) is 0 Å². The molecule has 1 unspecified atom stereocenters. The first-order valence-electron chi connectivity index (χ1n) is 6.72. The predicted molar refractivity (Wildman–Crippen MR) is 93.5 cm³/mol. The monoisotopic (exact) mass is 412 g/mol. The van der Waals surface area contributed by atoms with Crippen LogP contribution < -0.4 is 0 Å². The second-order valence-corrected chi connectivity index (χ2v) is 6.59. The fourth-order valence-corrected chi connectivity index (χ4v) is 3.02. The first kappa shape index (κ1) is 16.3. The summed E-state index contributed by atoms with van der Waals surface area (Å²) in [5, 5.41) is 6.28. The molecule has 1 aliphatic rings. The number of rotatable bonds is 2. The van der Waals surface area contributed by atoms with Crippen molar-refractivity contribution in [3.8, 4) is 0 Å². The molecule has 4 nitrogen and oxygen atoms in total. The summed E-state index contributed by atoms with van der Waals surface area (Å²) in [6.07, 6.45) is -0.743. The van der Waals surface area contributed by atoms with Crippen molar-refractivity contribution in [2.24, 2.45) is 5.10 Å². The Morgan fingerprint density at radius 1 is 1.26 bits per heavy atom. The molecule has 0 bridgehead atoms. The van der Waals surface area contributed by atoms with Crippen LogP contribution >= 0.6 is 39.1 Å². The van der Waals surface area contributed by atoms with Gasteiger partial charge in [-0.3, -0.25) is 4.79 Å². The minimum Gasteiger partial charge on any atom is -0.446 e. The van der Waals surface area contributed by atoms with E-state index in [-0.39, 0.29) is 5.91 Å². The second kappa shape index (κ2) is 6.51. The van der Waals surface area contributed by atoms with Crippen LogP contribution in [0, 0.1) is 0 Å². The molecular formula is C16H11BrCl2N2O2. The van der Waals surface area contributed by atoms with Gasteiger partial charge in [-0.25, -0.2) is 0 Å². The van der Waals surface area contributed by atoms with Gasteiger partial charge in [-0.1, -0.05) is 57.3 Å². The van der Waals surface area contributed by atoms with Crippen molar-refractivity contribution in [1.82, 2.24) is 5.01 Å². The molecule has 1 atom stereocenters. The molecule has 0 saturated carbocycles. The van der Waals surface area contributed by atoms with Crippen molar-refractivity contribution in [3.05, 3.63) is 68.1 Å². The molecular weight excluding hydrogens is 403 g/mol. The Bertz CT molecular complexity index is 810. The van der Waals surface area contributed by atoms with E-state index in [4.69, 9.17) is 27.9 Å². The highest BCUT2D eigenvalue weighted by atomic mass is 79.9. The van der Waals surface area contributed by atoms with Gasteiger partial charge in [0.25, 0.3) is 0 Å². The Kier molecular flexibility index (Phi) is 4.62. The zero-order chi connectivity index (χ0) is 16.6. The lowest BCUT2D eigenvalue weighted by Gasteiger charge is -2.20. The molecule has 0 spiro atoms. The van der Waals surface area contributed by atoms with Crippen molar-refractivity contribution in [3.63, 3.8) is 0 Å². The molecule has 7 heteroatoms. The third-order valence-corrected chi connectivity index (χ3v) is 4.61. The summed E-state index contributed by atoms with van der Waals surface area (Å²) in [5.74, 6) is 0.0959.